The normalized spacial score (nSPS) is 11.5. The topological polar surface area (TPSA) is 85.8 Å². The van der Waals surface area contributed by atoms with Crippen LogP contribution >= 0.6 is 0 Å². The summed E-state index contributed by atoms with van der Waals surface area (Å²) in [6, 6.07) is 0. The molecule has 0 spiro atoms. The fraction of sp³-hybridized carbons (Fsp3) is 0.500. The van der Waals surface area contributed by atoms with Gasteiger partial charge in [-0.1, -0.05) is 19.0 Å². The summed E-state index contributed by atoms with van der Waals surface area (Å²) in [6.07, 6.45) is 4.19. The average molecular weight is 301 g/mol. The van der Waals surface area contributed by atoms with Crippen LogP contribution in [0.3, 0.4) is 0 Å². The zero-order valence-electron chi connectivity index (χ0n) is 13.2. The molecule has 0 aliphatic heterocycles. The van der Waals surface area contributed by atoms with Crippen LogP contribution in [0.5, 0.6) is 0 Å². The highest BCUT2D eigenvalue weighted by Crippen LogP contribution is 2.14. The Balaban J connectivity index is 1.68. The predicted octanol–water partition coefficient (Wildman–Crippen LogP) is 1.55. The Bertz CT molecular complexity index is 776. The Kier molecular flexibility index (Phi) is 3.74. The number of aryl methyl sites for hydroxylation is 1. The number of likely N-dealkylation sites (N-methyl/N-ethyl adjacent to an activating group) is 1. The SMILES string of the molecule is CC(C)c1nc(CCN(C)c2ncc3c(ncn3C)n2)no1. The number of hydrogen-bond donors (Lipinski definition) is 0. The first-order chi connectivity index (χ1) is 10.5. The zero-order valence-corrected chi connectivity index (χ0v) is 13.2. The summed E-state index contributed by atoms with van der Waals surface area (Å²) < 4.78 is 7.10. The highest BCUT2D eigenvalue weighted by molar-refractivity contribution is 5.70. The lowest BCUT2D eigenvalue weighted by Gasteiger charge is -2.15. The van der Waals surface area contributed by atoms with E-state index in [-0.39, 0.29) is 5.92 Å². The van der Waals surface area contributed by atoms with Gasteiger partial charge in [0.1, 0.15) is 5.52 Å². The van der Waals surface area contributed by atoms with E-state index in [0.717, 1.165) is 5.52 Å². The monoisotopic (exact) mass is 301 g/mol. The third-order valence-electron chi connectivity index (χ3n) is 3.46. The Morgan fingerprint density at radius 1 is 1.27 bits per heavy atom. The molecule has 8 nitrogen and oxygen atoms in total. The number of anilines is 1. The molecule has 3 heterocycles. The van der Waals surface area contributed by atoms with Crippen molar-refractivity contribution in [2.45, 2.75) is 26.2 Å². The van der Waals surface area contributed by atoms with Gasteiger partial charge >= 0.3 is 0 Å². The molecule has 0 aromatic carbocycles. The first kappa shape index (κ1) is 14.4. The molecule has 0 saturated carbocycles. The third kappa shape index (κ3) is 2.76. The van der Waals surface area contributed by atoms with E-state index in [1.807, 2.05) is 37.4 Å². The van der Waals surface area contributed by atoms with Crippen molar-refractivity contribution in [1.82, 2.24) is 29.7 Å². The second kappa shape index (κ2) is 5.70. The molecule has 0 saturated heterocycles. The minimum Gasteiger partial charge on any atom is -0.343 e. The Morgan fingerprint density at radius 2 is 2.09 bits per heavy atom. The van der Waals surface area contributed by atoms with Crippen LogP contribution in [0.4, 0.5) is 5.95 Å². The molecule has 0 radical (unpaired) electrons. The highest BCUT2D eigenvalue weighted by Gasteiger charge is 2.12. The zero-order chi connectivity index (χ0) is 15.7. The van der Waals surface area contributed by atoms with Gasteiger partial charge in [-0.05, 0) is 0 Å². The van der Waals surface area contributed by atoms with E-state index in [2.05, 4.69) is 25.1 Å². The van der Waals surface area contributed by atoms with E-state index < -0.39 is 0 Å². The van der Waals surface area contributed by atoms with Crippen LogP contribution in [0.2, 0.25) is 0 Å². The minimum atomic E-state index is 0.244. The minimum absolute atomic E-state index is 0.244. The predicted molar refractivity (Wildman–Crippen MR) is 81.7 cm³/mol. The molecule has 0 unspecified atom stereocenters. The summed E-state index contributed by atoms with van der Waals surface area (Å²) in [5.74, 6) is 2.26. The van der Waals surface area contributed by atoms with Gasteiger partial charge in [0.15, 0.2) is 11.5 Å². The number of nitrogens with zero attached hydrogens (tertiary/aromatic N) is 7. The molecule has 8 heteroatoms. The average Bonchev–Trinajstić information content (AvgIpc) is 3.12. The van der Waals surface area contributed by atoms with Crippen LogP contribution in [0, 0.1) is 0 Å². The first-order valence-corrected chi connectivity index (χ1v) is 7.22. The Labute approximate surface area is 128 Å². The quantitative estimate of drug-likeness (QED) is 0.706. The van der Waals surface area contributed by atoms with E-state index in [1.54, 1.807) is 12.5 Å². The van der Waals surface area contributed by atoms with Crippen LogP contribution in [0.25, 0.3) is 11.2 Å². The largest absolute Gasteiger partial charge is 0.343 e. The molecule has 3 aromatic rings. The fourth-order valence-electron chi connectivity index (χ4n) is 2.06. The van der Waals surface area contributed by atoms with Gasteiger partial charge in [0.05, 0.1) is 12.5 Å². The van der Waals surface area contributed by atoms with Crippen molar-refractivity contribution < 1.29 is 4.52 Å². The van der Waals surface area contributed by atoms with Crippen LogP contribution in [-0.4, -0.2) is 43.3 Å². The van der Waals surface area contributed by atoms with Crippen LogP contribution in [0.1, 0.15) is 31.5 Å². The van der Waals surface area contributed by atoms with E-state index in [4.69, 9.17) is 4.52 Å². The molecule has 22 heavy (non-hydrogen) atoms. The second-order valence-electron chi connectivity index (χ2n) is 5.61. The van der Waals surface area contributed by atoms with Gasteiger partial charge < -0.3 is 14.0 Å². The number of hydrogen-bond acceptors (Lipinski definition) is 7. The molecular weight excluding hydrogens is 282 g/mol. The molecule has 0 aliphatic rings. The van der Waals surface area contributed by atoms with Crippen molar-refractivity contribution in [3.05, 3.63) is 24.2 Å². The lowest BCUT2D eigenvalue weighted by molar-refractivity contribution is 0.360. The maximum absolute atomic E-state index is 5.20. The molecule has 3 aromatic heterocycles. The molecule has 0 aliphatic carbocycles. The second-order valence-corrected chi connectivity index (χ2v) is 5.61. The summed E-state index contributed by atoms with van der Waals surface area (Å²) in [6.45, 7) is 4.76. The number of imidazole rings is 1. The van der Waals surface area contributed by atoms with Gasteiger partial charge in [0, 0.05) is 33.0 Å². The van der Waals surface area contributed by atoms with E-state index in [0.29, 0.717) is 36.3 Å². The van der Waals surface area contributed by atoms with E-state index in [9.17, 15) is 0 Å². The van der Waals surface area contributed by atoms with Crippen molar-refractivity contribution >= 4 is 17.1 Å². The number of fused-ring (bicyclic) bond motifs is 1. The first-order valence-electron chi connectivity index (χ1n) is 7.22. The van der Waals surface area contributed by atoms with E-state index >= 15 is 0 Å². The van der Waals surface area contributed by atoms with Crippen LogP contribution in [0.15, 0.2) is 17.0 Å². The fourth-order valence-corrected chi connectivity index (χ4v) is 2.06. The van der Waals surface area contributed by atoms with Crippen molar-refractivity contribution in [2.75, 3.05) is 18.5 Å². The van der Waals surface area contributed by atoms with Gasteiger partial charge in [0.2, 0.25) is 11.8 Å². The molecule has 0 amide bonds. The van der Waals surface area contributed by atoms with Gasteiger partial charge in [-0.2, -0.15) is 9.97 Å². The lowest BCUT2D eigenvalue weighted by Crippen LogP contribution is -2.23. The summed E-state index contributed by atoms with van der Waals surface area (Å²) in [5, 5.41) is 3.99. The summed E-state index contributed by atoms with van der Waals surface area (Å²) in [7, 11) is 3.86. The highest BCUT2D eigenvalue weighted by atomic mass is 16.5. The van der Waals surface area contributed by atoms with Crippen molar-refractivity contribution in [3.8, 4) is 0 Å². The van der Waals surface area contributed by atoms with Gasteiger partial charge in [-0.15, -0.1) is 0 Å². The van der Waals surface area contributed by atoms with Crippen molar-refractivity contribution in [2.24, 2.45) is 7.05 Å². The maximum atomic E-state index is 5.20. The molecule has 0 atom stereocenters. The van der Waals surface area contributed by atoms with Gasteiger partial charge in [0.25, 0.3) is 0 Å². The van der Waals surface area contributed by atoms with Gasteiger partial charge in [-0.25, -0.2) is 9.97 Å². The Hall–Kier alpha value is -2.51. The standard InChI is InChI=1S/C14H19N7O/c1-9(2)13-17-11(19-22-13)5-6-20(3)14-15-7-10-12(18-14)16-8-21(10)4/h7-9H,5-6H2,1-4H3. The molecule has 3 rings (SSSR count). The van der Waals surface area contributed by atoms with Crippen molar-refractivity contribution in [1.29, 1.82) is 0 Å². The number of aromatic nitrogens is 6. The molecule has 0 bridgehead atoms. The summed E-state index contributed by atoms with van der Waals surface area (Å²) >= 11 is 0. The molecule has 0 fully saturated rings. The summed E-state index contributed by atoms with van der Waals surface area (Å²) in [4.78, 5) is 19.4. The third-order valence-corrected chi connectivity index (χ3v) is 3.46. The van der Waals surface area contributed by atoms with Gasteiger partial charge in [-0.3, -0.25) is 0 Å². The van der Waals surface area contributed by atoms with E-state index in [1.165, 1.54) is 0 Å². The van der Waals surface area contributed by atoms with Crippen LogP contribution in [-0.2, 0) is 13.5 Å². The van der Waals surface area contributed by atoms with Crippen molar-refractivity contribution in [3.63, 3.8) is 0 Å². The number of rotatable bonds is 5. The lowest BCUT2D eigenvalue weighted by atomic mass is 10.2. The molecule has 0 N–H and O–H groups in total. The molecular formula is C14H19N7O. The maximum Gasteiger partial charge on any atom is 0.229 e. The molecule has 116 valence electrons. The Morgan fingerprint density at radius 3 is 2.82 bits per heavy atom. The summed E-state index contributed by atoms with van der Waals surface area (Å²) in [5.41, 5.74) is 1.61. The smallest absolute Gasteiger partial charge is 0.229 e. The van der Waals surface area contributed by atoms with Crippen LogP contribution < -0.4 is 4.90 Å².